The molecular weight excluding hydrogens is 406 g/mol. The van der Waals surface area contributed by atoms with Crippen LogP contribution in [0.1, 0.15) is 35.2 Å². The van der Waals surface area contributed by atoms with Gasteiger partial charge in [-0.3, -0.25) is 14.4 Å². The highest BCUT2D eigenvalue weighted by Gasteiger charge is 2.24. The number of ketones is 1. The lowest BCUT2D eigenvalue weighted by Gasteiger charge is -2.30. The predicted octanol–water partition coefficient (Wildman–Crippen LogP) is 2.76. The highest BCUT2D eigenvalue weighted by molar-refractivity contribution is 6.00. The van der Waals surface area contributed by atoms with Gasteiger partial charge < -0.3 is 20.7 Å². The molecule has 160 valence electrons. The Morgan fingerprint density at radius 2 is 1.83 bits per heavy atom. The monoisotopic (exact) mass is 431 g/mol. The van der Waals surface area contributed by atoms with E-state index in [9.17, 15) is 14.4 Å². The van der Waals surface area contributed by atoms with E-state index in [1.165, 1.54) is 0 Å². The second-order valence-corrected chi connectivity index (χ2v) is 6.92. The van der Waals surface area contributed by atoms with Gasteiger partial charge in [-0.2, -0.15) is 0 Å². The molecule has 0 saturated heterocycles. The molecule has 30 heavy (non-hydrogen) atoms. The smallest absolute Gasteiger partial charge is 0.227 e. The van der Waals surface area contributed by atoms with Crippen LogP contribution in [-0.2, 0) is 16.0 Å². The third-order valence-electron chi connectivity index (χ3n) is 5.01. The van der Waals surface area contributed by atoms with E-state index >= 15 is 0 Å². The standard InChI is InChI=1S/C22H25N3O4.ClH/c1-29-16-9-7-15(8-10-16)20(26)14-24-21(27)11-12-22(28)25-13-3-4-17-18(23)5-2-6-19(17)25;/h2,5-10H,3-4,11-14,23H2,1H3,(H,24,27);1H. The number of nitrogens with one attached hydrogen (secondary N) is 1. The lowest BCUT2D eigenvalue weighted by atomic mass is 9.99. The number of fused-ring (bicyclic) bond motifs is 1. The lowest BCUT2D eigenvalue weighted by Crippen LogP contribution is -2.37. The van der Waals surface area contributed by atoms with Crippen molar-refractivity contribution in [2.24, 2.45) is 0 Å². The second-order valence-electron chi connectivity index (χ2n) is 6.92. The first-order valence-corrected chi connectivity index (χ1v) is 9.61. The van der Waals surface area contributed by atoms with Crippen molar-refractivity contribution in [3.63, 3.8) is 0 Å². The van der Waals surface area contributed by atoms with Gasteiger partial charge in [0, 0.05) is 36.3 Å². The van der Waals surface area contributed by atoms with Gasteiger partial charge in [-0.05, 0) is 54.8 Å². The van der Waals surface area contributed by atoms with Gasteiger partial charge in [-0.1, -0.05) is 6.07 Å². The molecule has 0 radical (unpaired) electrons. The summed E-state index contributed by atoms with van der Waals surface area (Å²) in [5, 5.41) is 2.59. The van der Waals surface area contributed by atoms with Crippen LogP contribution in [0.3, 0.4) is 0 Å². The van der Waals surface area contributed by atoms with Crippen LogP contribution in [0.25, 0.3) is 0 Å². The van der Waals surface area contributed by atoms with Gasteiger partial charge in [-0.15, -0.1) is 12.4 Å². The molecule has 0 aromatic heterocycles. The van der Waals surface area contributed by atoms with Crippen LogP contribution in [0.15, 0.2) is 42.5 Å². The van der Waals surface area contributed by atoms with E-state index in [0.717, 1.165) is 24.1 Å². The van der Waals surface area contributed by atoms with Crippen molar-refractivity contribution in [2.75, 3.05) is 30.8 Å². The number of nitrogens with zero attached hydrogens (tertiary/aromatic N) is 1. The van der Waals surface area contributed by atoms with E-state index in [2.05, 4.69) is 5.32 Å². The van der Waals surface area contributed by atoms with Crippen LogP contribution in [0, 0.1) is 0 Å². The third kappa shape index (κ3) is 5.51. The quantitative estimate of drug-likeness (QED) is 0.518. The molecule has 0 aliphatic carbocycles. The van der Waals surface area contributed by atoms with E-state index in [1.54, 1.807) is 36.3 Å². The van der Waals surface area contributed by atoms with Gasteiger partial charge in [0.1, 0.15) is 5.75 Å². The number of carbonyl (C=O) groups excluding carboxylic acids is 3. The second kappa shape index (κ2) is 10.6. The number of nitrogens with two attached hydrogens (primary N) is 1. The summed E-state index contributed by atoms with van der Waals surface area (Å²) in [5.41, 5.74) is 9.01. The van der Waals surface area contributed by atoms with Crippen molar-refractivity contribution in [2.45, 2.75) is 25.7 Å². The minimum Gasteiger partial charge on any atom is -0.497 e. The summed E-state index contributed by atoms with van der Waals surface area (Å²) in [4.78, 5) is 38.6. The number of ether oxygens (including phenoxy) is 1. The molecule has 2 aromatic rings. The van der Waals surface area contributed by atoms with E-state index in [0.29, 0.717) is 23.5 Å². The van der Waals surface area contributed by atoms with Gasteiger partial charge >= 0.3 is 0 Å². The molecule has 0 atom stereocenters. The molecule has 8 heteroatoms. The Kier molecular flexibility index (Phi) is 8.24. The number of methoxy groups -OCH3 is 1. The van der Waals surface area contributed by atoms with Gasteiger partial charge in [0.2, 0.25) is 11.8 Å². The first-order chi connectivity index (χ1) is 14.0. The molecule has 7 nitrogen and oxygen atoms in total. The van der Waals surface area contributed by atoms with Crippen LogP contribution < -0.4 is 20.7 Å². The molecule has 0 bridgehead atoms. The molecule has 3 rings (SSSR count). The first-order valence-electron chi connectivity index (χ1n) is 9.61. The number of carbonyl (C=O) groups is 3. The Hall–Kier alpha value is -3.06. The number of halogens is 1. The van der Waals surface area contributed by atoms with Crippen molar-refractivity contribution < 1.29 is 19.1 Å². The van der Waals surface area contributed by atoms with Crippen LogP contribution in [0.5, 0.6) is 5.75 Å². The van der Waals surface area contributed by atoms with Crippen LogP contribution in [-0.4, -0.2) is 37.8 Å². The van der Waals surface area contributed by atoms with Gasteiger partial charge in [-0.25, -0.2) is 0 Å². The largest absolute Gasteiger partial charge is 0.497 e. The fraction of sp³-hybridized carbons (Fsp3) is 0.318. The topological polar surface area (TPSA) is 102 Å². The van der Waals surface area contributed by atoms with E-state index in [-0.39, 0.29) is 49.4 Å². The number of nitrogen functional groups attached to an aromatic ring is 1. The highest BCUT2D eigenvalue weighted by atomic mass is 35.5. The van der Waals surface area contributed by atoms with Crippen molar-refractivity contribution in [1.29, 1.82) is 0 Å². The molecule has 1 aliphatic heterocycles. The zero-order valence-electron chi connectivity index (χ0n) is 16.8. The Morgan fingerprint density at radius 3 is 2.53 bits per heavy atom. The van der Waals surface area contributed by atoms with Crippen LogP contribution in [0.2, 0.25) is 0 Å². The minimum absolute atomic E-state index is 0. The summed E-state index contributed by atoms with van der Waals surface area (Å²) in [6.45, 7) is 0.509. The molecule has 1 heterocycles. The molecule has 0 fully saturated rings. The van der Waals surface area contributed by atoms with Crippen molar-refractivity contribution in [1.82, 2.24) is 5.32 Å². The molecule has 0 spiro atoms. The zero-order chi connectivity index (χ0) is 20.8. The van der Waals surface area contributed by atoms with Gasteiger partial charge in [0.15, 0.2) is 5.78 Å². The molecule has 2 aromatic carbocycles. The summed E-state index contributed by atoms with van der Waals surface area (Å²) >= 11 is 0. The molecule has 1 aliphatic rings. The highest BCUT2D eigenvalue weighted by Crippen LogP contribution is 2.31. The number of anilines is 2. The van der Waals surface area contributed by atoms with E-state index in [1.807, 2.05) is 18.2 Å². The number of benzene rings is 2. The minimum atomic E-state index is -0.329. The number of hydrogen-bond acceptors (Lipinski definition) is 5. The molecular formula is C22H26ClN3O4. The third-order valence-corrected chi connectivity index (χ3v) is 5.01. The maximum atomic E-state index is 12.6. The van der Waals surface area contributed by atoms with E-state index < -0.39 is 0 Å². The summed E-state index contributed by atoms with van der Waals surface area (Å²) in [6, 6.07) is 12.2. The van der Waals surface area contributed by atoms with Gasteiger partial charge in [0.05, 0.1) is 13.7 Å². The van der Waals surface area contributed by atoms with Crippen molar-refractivity contribution in [3.05, 3.63) is 53.6 Å². The summed E-state index contributed by atoms with van der Waals surface area (Å²) in [7, 11) is 1.55. The average molecular weight is 432 g/mol. The fourth-order valence-corrected chi connectivity index (χ4v) is 3.41. The van der Waals surface area contributed by atoms with Crippen molar-refractivity contribution in [3.8, 4) is 5.75 Å². The van der Waals surface area contributed by atoms with Gasteiger partial charge in [0.25, 0.3) is 0 Å². The maximum Gasteiger partial charge on any atom is 0.227 e. The Balaban J connectivity index is 0.00000320. The summed E-state index contributed by atoms with van der Waals surface area (Å²) < 4.78 is 5.06. The van der Waals surface area contributed by atoms with Crippen LogP contribution >= 0.6 is 12.4 Å². The SMILES string of the molecule is COc1ccc(C(=O)CNC(=O)CCC(=O)N2CCCc3c(N)cccc32)cc1.Cl. The summed E-state index contributed by atoms with van der Waals surface area (Å²) in [5.74, 6) is 0.0103. The normalized spacial score (nSPS) is 12.4. The maximum absolute atomic E-state index is 12.6. The Labute approximate surface area is 182 Å². The van der Waals surface area contributed by atoms with E-state index in [4.69, 9.17) is 10.5 Å². The first kappa shape index (κ1) is 23.2. The molecule has 2 amide bonds. The molecule has 0 saturated carbocycles. The number of hydrogen-bond donors (Lipinski definition) is 2. The fourth-order valence-electron chi connectivity index (χ4n) is 3.41. The molecule has 0 unspecified atom stereocenters. The number of Topliss-reactive ketones (excluding diaryl/α,β-unsaturated/α-hetero) is 1. The number of rotatable bonds is 7. The number of amides is 2. The van der Waals surface area contributed by atoms with Crippen molar-refractivity contribution >= 4 is 41.4 Å². The lowest BCUT2D eigenvalue weighted by molar-refractivity contribution is -0.125. The summed E-state index contributed by atoms with van der Waals surface area (Å²) in [6.07, 6.45) is 1.80. The molecule has 3 N–H and O–H groups in total. The Morgan fingerprint density at radius 1 is 1.10 bits per heavy atom. The average Bonchev–Trinajstić information content (AvgIpc) is 2.75. The zero-order valence-corrected chi connectivity index (χ0v) is 17.7. The van der Waals surface area contributed by atoms with Crippen LogP contribution in [0.4, 0.5) is 11.4 Å². The Bertz CT molecular complexity index is 915. The predicted molar refractivity (Wildman–Crippen MR) is 118 cm³/mol.